The maximum absolute atomic E-state index is 16.9. The van der Waals surface area contributed by atoms with E-state index in [2.05, 4.69) is 113 Å². The van der Waals surface area contributed by atoms with Crippen LogP contribution in [0.5, 0.6) is 5.75 Å². The molecule has 0 saturated heterocycles. The predicted molar refractivity (Wildman–Crippen MR) is 246 cm³/mol. The van der Waals surface area contributed by atoms with Crippen molar-refractivity contribution in [1.82, 2.24) is 17.5 Å². The number of hydrogen-bond donors (Lipinski definition) is 0. The smallest absolute Gasteiger partial charge is 0.169 e. The largest absolute Gasteiger partial charge is 0.491 e. The molecule has 0 N–H and O–H groups in total. The summed E-state index contributed by atoms with van der Waals surface area (Å²) in [5.41, 5.74) is 17.4. The first kappa shape index (κ1) is 37.8. The van der Waals surface area contributed by atoms with E-state index in [-0.39, 0.29) is 17.2 Å². The highest BCUT2D eigenvalue weighted by Gasteiger charge is 2.38. The summed E-state index contributed by atoms with van der Waals surface area (Å²) in [5.74, 6) is -1.01. The summed E-state index contributed by atoms with van der Waals surface area (Å²) in [6, 6.07) is 37.4. The highest BCUT2D eigenvalue weighted by Crippen LogP contribution is 2.54. The van der Waals surface area contributed by atoms with Gasteiger partial charge in [0.1, 0.15) is 27.8 Å². The highest BCUT2D eigenvalue weighted by molar-refractivity contribution is 7.00. The Kier molecular flexibility index (Phi) is 8.32. The first-order valence-corrected chi connectivity index (χ1v) is 22.0. The van der Waals surface area contributed by atoms with E-state index in [1.54, 1.807) is 0 Å². The van der Waals surface area contributed by atoms with Gasteiger partial charge in [-0.2, -0.15) is 17.5 Å². The number of aryl methyl sites for hydroxylation is 1. The minimum absolute atomic E-state index is 0.104. The zero-order valence-corrected chi connectivity index (χ0v) is 36.4. The van der Waals surface area contributed by atoms with Crippen molar-refractivity contribution in [2.24, 2.45) is 0 Å². The number of aromatic nitrogens is 4. The van der Waals surface area contributed by atoms with Gasteiger partial charge in [0.05, 0.1) is 29.6 Å². The Balaban J connectivity index is 0.958. The topological polar surface area (TPSA) is 60.8 Å². The number of benzene rings is 7. The van der Waals surface area contributed by atoms with E-state index in [1.165, 1.54) is 22.9 Å². The molecular formula is C52H40F2N4OS2. The first-order chi connectivity index (χ1) is 29.3. The molecule has 0 saturated carbocycles. The summed E-state index contributed by atoms with van der Waals surface area (Å²) in [6.45, 7) is 14.9. The molecule has 61 heavy (non-hydrogen) atoms. The summed E-state index contributed by atoms with van der Waals surface area (Å²) in [7, 11) is 0. The third-order valence-electron chi connectivity index (χ3n) is 13.0. The molecule has 2 heterocycles. The van der Waals surface area contributed by atoms with E-state index in [0.717, 1.165) is 89.7 Å². The first-order valence-electron chi connectivity index (χ1n) is 20.5. The van der Waals surface area contributed by atoms with E-state index in [9.17, 15) is 0 Å². The minimum atomic E-state index is -0.927. The molecule has 0 fully saturated rings. The molecule has 11 rings (SSSR count). The summed E-state index contributed by atoms with van der Waals surface area (Å²) in [6.07, 6.45) is 0.104. The molecular weight excluding hydrogens is 799 g/mol. The van der Waals surface area contributed by atoms with Gasteiger partial charge in [-0.05, 0) is 135 Å². The fraction of sp³-hybridized carbons (Fsp3) is 0.192. The fourth-order valence-corrected chi connectivity index (χ4v) is 11.0. The quantitative estimate of drug-likeness (QED) is 0.167. The van der Waals surface area contributed by atoms with Crippen LogP contribution in [-0.2, 0) is 10.8 Å². The number of nitrogens with zero attached hydrogens (tertiary/aromatic N) is 4. The molecule has 0 unspecified atom stereocenters. The van der Waals surface area contributed by atoms with Crippen LogP contribution in [0.25, 0.3) is 88.8 Å². The lowest BCUT2D eigenvalue weighted by Gasteiger charge is -2.23. The lowest BCUT2D eigenvalue weighted by Crippen LogP contribution is -2.15. The van der Waals surface area contributed by atoms with E-state index < -0.39 is 22.5 Å². The van der Waals surface area contributed by atoms with Gasteiger partial charge >= 0.3 is 0 Å². The van der Waals surface area contributed by atoms with Crippen LogP contribution in [0.4, 0.5) is 8.78 Å². The molecule has 9 aromatic rings. The second kappa shape index (κ2) is 13.4. The maximum atomic E-state index is 16.9. The Morgan fingerprint density at radius 3 is 1.36 bits per heavy atom. The van der Waals surface area contributed by atoms with Crippen LogP contribution < -0.4 is 4.74 Å². The molecule has 0 amide bonds. The van der Waals surface area contributed by atoms with E-state index in [0.29, 0.717) is 22.2 Å². The molecule has 7 aromatic carbocycles. The van der Waals surface area contributed by atoms with Crippen molar-refractivity contribution in [1.29, 1.82) is 0 Å². The number of fused-ring (bicyclic) bond motifs is 8. The van der Waals surface area contributed by atoms with Crippen molar-refractivity contribution in [3.05, 3.63) is 149 Å². The van der Waals surface area contributed by atoms with Crippen molar-refractivity contribution >= 4 is 45.5 Å². The Morgan fingerprint density at radius 1 is 0.459 bits per heavy atom. The van der Waals surface area contributed by atoms with Crippen LogP contribution in [0.1, 0.15) is 69.4 Å². The van der Waals surface area contributed by atoms with Crippen LogP contribution in [0, 0.1) is 18.6 Å². The predicted octanol–water partition coefficient (Wildman–Crippen LogP) is 14.4. The Hall–Kier alpha value is -6.16. The third-order valence-corrected chi connectivity index (χ3v) is 14.1. The van der Waals surface area contributed by atoms with Gasteiger partial charge in [0.25, 0.3) is 0 Å². The lowest BCUT2D eigenvalue weighted by molar-refractivity contribution is 0.242. The van der Waals surface area contributed by atoms with Crippen LogP contribution in [-0.4, -0.2) is 23.6 Å². The normalized spacial score (nSPS) is 14.4. The summed E-state index contributed by atoms with van der Waals surface area (Å²) in [4.78, 5) is 0. The average molecular weight is 839 g/mol. The van der Waals surface area contributed by atoms with E-state index in [1.807, 2.05) is 62.4 Å². The monoisotopic (exact) mass is 838 g/mol. The summed E-state index contributed by atoms with van der Waals surface area (Å²) >= 11 is 2.20. The molecule has 0 aliphatic heterocycles. The van der Waals surface area contributed by atoms with Crippen LogP contribution in [0.15, 0.2) is 109 Å². The molecule has 0 bridgehead atoms. The molecule has 2 aliphatic carbocycles. The van der Waals surface area contributed by atoms with Gasteiger partial charge in [-0.25, -0.2) is 8.78 Å². The van der Waals surface area contributed by atoms with Crippen molar-refractivity contribution in [3.8, 4) is 72.5 Å². The molecule has 2 aromatic heterocycles. The number of ether oxygens (including phenoxy) is 1. The van der Waals surface area contributed by atoms with Gasteiger partial charge in [0, 0.05) is 27.5 Å². The average Bonchev–Trinajstić information content (AvgIpc) is 4.03. The van der Waals surface area contributed by atoms with Crippen LogP contribution in [0.3, 0.4) is 0 Å². The van der Waals surface area contributed by atoms with Gasteiger partial charge in [-0.15, -0.1) is 0 Å². The fourth-order valence-electron chi connectivity index (χ4n) is 9.83. The third kappa shape index (κ3) is 5.59. The van der Waals surface area contributed by atoms with Crippen molar-refractivity contribution in [2.45, 2.75) is 65.4 Å². The summed E-state index contributed by atoms with van der Waals surface area (Å²) in [5, 5.41) is 0. The van der Waals surface area contributed by atoms with E-state index in [4.69, 9.17) is 4.74 Å². The molecule has 9 heteroatoms. The maximum Gasteiger partial charge on any atom is 0.169 e. The zero-order chi connectivity index (χ0) is 42.1. The van der Waals surface area contributed by atoms with Crippen molar-refractivity contribution < 1.29 is 13.5 Å². The van der Waals surface area contributed by atoms with Gasteiger partial charge in [0.15, 0.2) is 11.6 Å². The Morgan fingerprint density at radius 2 is 0.852 bits per heavy atom. The van der Waals surface area contributed by atoms with E-state index >= 15 is 8.78 Å². The Labute approximate surface area is 361 Å². The van der Waals surface area contributed by atoms with Crippen LogP contribution in [0.2, 0.25) is 0 Å². The second-order valence-corrected chi connectivity index (χ2v) is 18.8. The molecule has 0 atom stereocenters. The van der Waals surface area contributed by atoms with Gasteiger partial charge in [0.2, 0.25) is 0 Å². The molecule has 300 valence electrons. The van der Waals surface area contributed by atoms with Gasteiger partial charge in [-0.1, -0.05) is 100 Å². The second-order valence-electron chi connectivity index (χ2n) is 17.7. The number of rotatable bonds is 6. The minimum Gasteiger partial charge on any atom is -0.491 e. The highest BCUT2D eigenvalue weighted by atomic mass is 32.1. The lowest BCUT2D eigenvalue weighted by atomic mass is 9.80. The molecule has 2 aliphatic rings. The van der Waals surface area contributed by atoms with Crippen molar-refractivity contribution in [3.63, 3.8) is 0 Å². The van der Waals surface area contributed by atoms with Gasteiger partial charge in [-0.3, -0.25) is 0 Å². The SMILES string of the molecule is Cc1ccc(-c2ccc3c(c2)C(C)(C)c2cc(-c4c(F)c(F)c(-c5ccc6c(c5)C(C)(C)c5cc(-c7ccc(OC(C)C)cc7)ccc5-6)c5nsnc45)ccc2-3)c2nsnc12. The summed E-state index contributed by atoms with van der Waals surface area (Å²) < 4.78 is 58.1. The molecule has 5 nitrogen and oxygen atoms in total. The number of hydrogen-bond acceptors (Lipinski definition) is 7. The van der Waals surface area contributed by atoms with Gasteiger partial charge < -0.3 is 4.74 Å². The molecule has 0 spiro atoms. The van der Waals surface area contributed by atoms with Crippen LogP contribution >= 0.6 is 23.5 Å². The number of halogens is 2. The Bertz CT molecular complexity index is 3310. The van der Waals surface area contributed by atoms with Crippen molar-refractivity contribution in [2.75, 3.05) is 0 Å². The molecule has 0 radical (unpaired) electrons. The zero-order valence-electron chi connectivity index (χ0n) is 34.7. The standard InChI is InChI=1S/C52H40F2N4OS2/c1-26(2)59-33-15-9-28(10-16-33)29-11-18-35-37-20-13-31(24-41(37)51(4,5)39(35)22-29)43-45(53)46(54)44(50-49(43)57-61-58-50)32-14-21-38-36-19-12-30(23-40(36)52(6,7)42(38)25-32)34-17-8-27(3)47-48(34)56-60-55-47/h8-26H,1-7H3.